The number of fused-ring (bicyclic) bond motifs is 3. The first-order valence-corrected chi connectivity index (χ1v) is 11.0. The van der Waals surface area contributed by atoms with Gasteiger partial charge in [-0.15, -0.1) is 0 Å². The Labute approximate surface area is 195 Å². The predicted octanol–water partition coefficient (Wildman–Crippen LogP) is 6.87. The lowest BCUT2D eigenvalue weighted by atomic mass is 10.1. The summed E-state index contributed by atoms with van der Waals surface area (Å²) in [5.74, 6) is -0.742. The summed E-state index contributed by atoms with van der Waals surface area (Å²) in [5, 5.41) is 2.51. The Morgan fingerprint density at radius 1 is 1.00 bits per heavy atom. The van der Waals surface area contributed by atoms with Gasteiger partial charge in [0.25, 0.3) is 0 Å². The molecule has 6 heteroatoms. The molecular formula is C27H20ClFN2O2. The largest absolute Gasteiger partial charge is 0.461 e. The molecule has 0 aliphatic heterocycles. The van der Waals surface area contributed by atoms with E-state index in [4.69, 9.17) is 21.3 Å². The zero-order chi connectivity index (χ0) is 22.9. The number of rotatable bonds is 5. The molecule has 2 aromatic heterocycles. The van der Waals surface area contributed by atoms with E-state index in [1.54, 1.807) is 37.3 Å². The molecule has 0 radical (unpaired) electrons. The van der Waals surface area contributed by atoms with E-state index in [0.717, 1.165) is 32.9 Å². The number of carbonyl (C=O) groups excluding carboxylic acids is 1. The SMILES string of the molecule is CCOC(=O)c1cc2c3ccccc3n(Cc3ccc(F)cc3)c2c(-c2ccc(Cl)cc2)n1. The fraction of sp³-hybridized carbons (Fsp3) is 0.111. The molecule has 3 aromatic carbocycles. The molecule has 0 aliphatic carbocycles. The number of nitrogens with zero attached hydrogens (tertiary/aromatic N) is 2. The zero-order valence-electron chi connectivity index (χ0n) is 17.9. The third-order valence-electron chi connectivity index (χ3n) is 5.60. The molecule has 0 fully saturated rings. The van der Waals surface area contributed by atoms with Gasteiger partial charge in [0, 0.05) is 33.4 Å². The summed E-state index contributed by atoms with van der Waals surface area (Å²) in [4.78, 5) is 17.4. The van der Waals surface area contributed by atoms with Crippen LogP contribution in [0, 0.1) is 5.82 Å². The summed E-state index contributed by atoms with van der Waals surface area (Å²) in [6, 6.07) is 23.6. The highest BCUT2D eigenvalue weighted by atomic mass is 35.5. The van der Waals surface area contributed by atoms with Crippen LogP contribution < -0.4 is 0 Å². The van der Waals surface area contributed by atoms with Gasteiger partial charge in [-0.3, -0.25) is 0 Å². The van der Waals surface area contributed by atoms with Crippen LogP contribution in [-0.2, 0) is 11.3 Å². The van der Waals surface area contributed by atoms with Crippen LogP contribution in [0.1, 0.15) is 23.0 Å². The number of ether oxygens (including phenoxy) is 1. The monoisotopic (exact) mass is 458 g/mol. The number of para-hydroxylation sites is 1. The molecule has 0 spiro atoms. The van der Waals surface area contributed by atoms with Gasteiger partial charge >= 0.3 is 5.97 Å². The summed E-state index contributed by atoms with van der Waals surface area (Å²) >= 11 is 6.13. The second-order valence-electron chi connectivity index (χ2n) is 7.71. The van der Waals surface area contributed by atoms with Crippen LogP contribution in [0.3, 0.4) is 0 Å². The lowest BCUT2D eigenvalue weighted by molar-refractivity contribution is 0.0520. The van der Waals surface area contributed by atoms with Crippen LogP contribution in [0.4, 0.5) is 4.39 Å². The highest BCUT2D eigenvalue weighted by Gasteiger charge is 2.21. The number of pyridine rings is 1. The first-order valence-electron chi connectivity index (χ1n) is 10.6. The fourth-order valence-electron chi connectivity index (χ4n) is 4.13. The zero-order valence-corrected chi connectivity index (χ0v) is 18.6. The minimum Gasteiger partial charge on any atom is -0.461 e. The van der Waals surface area contributed by atoms with Gasteiger partial charge in [-0.05, 0) is 48.9 Å². The Morgan fingerprint density at radius 3 is 2.45 bits per heavy atom. The third kappa shape index (κ3) is 3.96. The Morgan fingerprint density at radius 2 is 1.73 bits per heavy atom. The maximum atomic E-state index is 13.5. The Bertz CT molecular complexity index is 1470. The van der Waals surface area contributed by atoms with Crippen molar-refractivity contribution in [3.63, 3.8) is 0 Å². The Kier molecular flexibility index (Phi) is 5.56. The second-order valence-corrected chi connectivity index (χ2v) is 8.15. The van der Waals surface area contributed by atoms with Crippen molar-refractivity contribution < 1.29 is 13.9 Å². The van der Waals surface area contributed by atoms with Crippen molar-refractivity contribution in [2.45, 2.75) is 13.5 Å². The lowest BCUT2D eigenvalue weighted by Gasteiger charge is -2.12. The quantitative estimate of drug-likeness (QED) is 0.270. The smallest absolute Gasteiger partial charge is 0.356 e. The number of carbonyl (C=O) groups is 1. The normalized spacial score (nSPS) is 11.2. The average molecular weight is 459 g/mol. The number of hydrogen-bond donors (Lipinski definition) is 0. The van der Waals surface area contributed by atoms with Crippen LogP contribution in [0.25, 0.3) is 33.1 Å². The highest BCUT2D eigenvalue weighted by molar-refractivity contribution is 6.30. The second kappa shape index (κ2) is 8.68. The molecule has 2 heterocycles. The minimum atomic E-state index is -0.468. The first kappa shape index (κ1) is 21.2. The van der Waals surface area contributed by atoms with Gasteiger partial charge < -0.3 is 9.30 Å². The number of hydrogen-bond acceptors (Lipinski definition) is 3. The van der Waals surface area contributed by atoms with E-state index in [1.165, 1.54) is 12.1 Å². The molecule has 0 bridgehead atoms. The van der Waals surface area contributed by atoms with Gasteiger partial charge in [0.2, 0.25) is 0 Å². The fourth-order valence-corrected chi connectivity index (χ4v) is 4.26. The van der Waals surface area contributed by atoms with Crippen molar-refractivity contribution in [2.24, 2.45) is 0 Å². The number of aromatic nitrogens is 2. The van der Waals surface area contributed by atoms with Gasteiger partial charge in [0.1, 0.15) is 11.5 Å². The van der Waals surface area contributed by atoms with Crippen LogP contribution in [0.2, 0.25) is 5.02 Å². The summed E-state index contributed by atoms with van der Waals surface area (Å²) in [7, 11) is 0. The van der Waals surface area contributed by atoms with Gasteiger partial charge in [-0.2, -0.15) is 0 Å². The minimum absolute atomic E-state index is 0.249. The van der Waals surface area contributed by atoms with Crippen molar-refractivity contribution in [2.75, 3.05) is 6.61 Å². The third-order valence-corrected chi connectivity index (χ3v) is 5.86. The summed E-state index contributed by atoms with van der Waals surface area (Å²) < 4.78 is 20.9. The molecule has 4 nitrogen and oxygen atoms in total. The molecule has 0 N–H and O–H groups in total. The maximum Gasteiger partial charge on any atom is 0.356 e. The molecule has 0 aliphatic rings. The molecule has 0 saturated heterocycles. The predicted molar refractivity (Wildman–Crippen MR) is 129 cm³/mol. The molecule has 0 unspecified atom stereocenters. The van der Waals surface area contributed by atoms with Crippen LogP contribution >= 0.6 is 11.6 Å². The van der Waals surface area contributed by atoms with Gasteiger partial charge in [-0.25, -0.2) is 14.2 Å². The number of benzene rings is 3. The first-order chi connectivity index (χ1) is 16.0. The Balaban J connectivity index is 1.83. The van der Waals surface area contributed by atoms with E-state index < -0.39 is 5.97 Å². The van der Waals surface area contributed by atoms with E-state index in [-0.39, 0.29) is 18.1 Å². The van der Waals surface area contributed by atoms with Crippen LogP contribution in [0.15, 0.2) is 78.9 Å². The molecule has 5 rings (SSSR count). The lowest BCUT2D eigenvalue weighted by Crippen LogP contribution is -2.09. The molecule has 0 atom stereocenters. The molecule has 164 valence electrons. The van der Waals surface area contributed by atoms with Gasteiger partial charge in [0.15, 0.2) is 0 Å². The molecule has 33 heavy (non-hydrogen) atoms. The van der Waals surface area contributed by atoms with E-state index in [0.29, 0.717) is 17.3 Å². The highest BCUT2D eigenvalue weighted by Crippen LogP contribution is 2.36. The van der Waals surface area contributed by atoms with Crippen molar-refractivity contribution in [1.29, 1.82) is 0 Å². The summed E-state index contributed by atoms with van der Waals surface area (Å²) in [6.07, 6.45) is 0. The van der Waals surface area contributed by atoms with Crippen LogP contribution in [0.5, 0.6) is 0 Å². The maximum absolute atomic E-state index is 13.5. The molecule has 0 saturated carbocycles. The average Bonchev–Trinajstić information content (AvgIpc) is 3.14. The van der Waals surface area contributed by atoms with Crippen molar-refractivity contribution in [1.82, 2.24) is 9.55 Å². The summed E-state index contributed by atoms with van der Waals surface area (Å²) in [6.45, 7) is 2.55. The van der Waals surface area contributed by atoms with E-state index in [2.05, 4.69) is 4.57 Å². The topological polar surface area (TPSA) is 44.1 Å². The van der Waals surface area contributed by atoms with Crippen molar-refractivity contribution >= 4 is 39.4 Å². The number of esters is 1. The van der Waals surface area contributed by atoms with Crippen molar-refractivity contribution in [3.8, 4) is 11.3 Å². The van der Waals surface area contributed by atoms with Gasteiger partial charge in [-0.1, -0.05) is 54.1 Å². The van der Waals surface area contributed by atoms with Gasteiger partial charge in [0.05, 0.1) is 17.8 Å². The van der Waals surface area contributed by atoms with E-state index in [9.17, 15) is 9.18 Å². The number of halogens is 2. The summed E-state index contributed by atoms with van der Waals surface area (Å²) in [5.41, 5.74) is 4.57. The molecule has 5 aromatic rings. The molecular weight excluding hydrogens is 439 g/mol. The Hall–Kier alpha value is -3.70. The molecule has 0 amide bonds. The van der Waals surface area contributed by atoms with Crippen molar-refractivity contribution in [3.05, 3.63) is 101 Å². The van der Waals surface area contributed by atoms with Crippen LogP contribution in [-0.4, -0.2) is 22.1 Å². The standard InChI is InChI=1S/C27H20ClFN2O2/c1-2-33-27(32)23-15-22-21-5-3-4-6-24(21)31(16-17-7-13-20(29)14-8-17)26(22)25(30-23)18-9-11-19(28)12-10-18/h3-15H,2,16H2,1H3. The van der Waals surface area contributed by atoms with E-state index >= 15 is 0 Å². The van der Waals surface area contributed by atoms with E-state index in [1.807, 2.05) is 36.4 Å².